The molecular weight excluding hydrogens is 396 g/mol. The van der Waals surface area contributed by atoms with E-state index in [4.69, 9.17) is 4.74 Å². The number of benzene rings is 1. The number of rotatable bonds is 9. The molecule has 0 radical (unpaired) electrons. The van der Waals surface area contributed by atoms with E-state index in [1.165, 1.54) is 0 Å². The summed E-state index contributed by atoms with van der Waals surface area (Å²) in [5, 5.41) is 6.21. The Kier molecular flexibility index (Phi) is 6.39. The smallest absolute Gasteiger partial charge is 0.251 e. The molecule has 3 aromatic heterocycles. The molecule has 6 nitrogen and oxygen atoms in total. The number of fused-ring (bicyclic) bond motifs is 1. The minimum atomic E-state index is -0.0849. The number of unbranched alkanes of at least 4 members (excludes halogenated alkanes) is 1. The molecule has 0 saturated heterocycles. The molecule has 0 atom stereocenters. The fourth-order valence-corrected chi connectivity index (χ4v) is 3.98. The number of carbonyl (C=O) groups excluding carboxylic acids is 1. The Morgan fingerprint density at radius 3 is 2.93 bits per heavy atom. The van der Waals surface area contributed by atoms with Gasteiger partial charge >= 0.3 is 0 Å². The zero-order valence-electron chi connectivity index (χ0n) is 16.9. The zero-order valence-corrected chi connectivity index (χ0v) is 17.7. The molecule has 0 aliphatic heterocycles. The van der Waals surface area contributed by atoms with Crippen LogP contribution < -0.4 is 10.1 Å². The second kappa shape index (κ2) is 9.54. The van der Waals surface area contributed by atoms with Crippen molar-refractivity contribution in [3.8, 4) is 5.75 Å². The Morgan fingerprint density at radius 1 is 1.17 bits per heavy atom. The van der Waals surface area contributed by atoms with E-state index in [1.807, 2.05) is 54.0 Å². The van der Waals surface area contributed by atoms with Crippen molar-refractivity contribution in [1.29, 1.82) is 0 Å². The van der Waals surface area contributed by atoms with Crippen LogP contribution in [-0.4, -0.2) is 26.8 Å². The number of ether oxygens (including phenoxy) is 1. The van der Waals surface area contributed by atoms with Gasteiger partial charge in [-0.3, -0.25) is 4.79 Å². The number of thiazole rings is 1. The van der Waals surface area contributed by atoms with Gasteiger partial charge in [-0.1, -0.05) is 12.1 Å². The summed E-state index contributed by atoms with van der Waals surface area (Å²) in [6.07, 6.45) is 6.79. The number of aromatic nitrogens is 3. The first-order valence-electron chi connectivity index (χ1n) is 10.0. The number of carbonyl (C=O) groups is 1. The maximum atomic E-state index is 12.4. The van der Waals surface area contributed by atoms with Gasteiger partial charge in [0.15, 0.2) is 0 Å². The normalized spacial score (nSPS) is 11.0. The Labute approximate surface area is 179 Å². The quantitative estimate of drug-likeness (QED) is 0.407. The minimum Gasteiger partial charge on any atom is -0.487 e. The highest BCUT2D eigenvalue weighted by molar-refractivity contribution is 7.09. The Bertz CT molecular complexity index is 1100. The van der Waals surface area contributed by atoms with Gasteiger partial charge in [-0.25, -0.2) is 9.97 Å². The van der Waals surface area contributed by atoms with Crippen LogP contribution in [0.3, 0.4) is 0 Å². The molecule has 1 aromatic carbocycles. The minimum absolute atomic E-state index is 0.0849. The van der Waals surface area contributed by atoms with E-state index >= 15 is 0 Å². The molecule has 0 bridgehead atoms. The summed E-state index contributed by atoms with van der Waals surface area (Å²) >= 11 is 1.70. The van der Waals surface area contributed by atoms with Crippen molar-refractivity contribution in [1.82, 2.24) is 19.7 Å². The third-order valence-electron chi connectivity index (χ3n) is 4.67. The van der Waals surface area contributed by atoms with E-state index in [0.29, 0.717) is 24.5 Å². The largest absolute Gasteiger partial charge is 0.487 e. The van der Waals surface area contributed by atoms with Crippen LogP contribution in [-0.2, 0) is 13.0 Å². The number of nitrogens with one attached hydrogen (secondary N) is 1. The van der Waals surface area contributed by atoms with Crippen LogP contribution in [0.5, 0.6) is 5.75 Å². The molecule has 3 heterocycles. The second-order valence-electron chi connectivity index (χ2n) is 7.11. The van der Waals surface area contributed by atoms with Gasteiger partial charge in [0.1, 0.15) is 18.0 Å². The molecule has 154 valence electrons. The molecule has 0 fully saturated rings. The van der Waals surface area contributed by atoms with Gasteiger partial charge in [0.25, 0.3) is 5.91 Å². The summed E-state index contributed by atoms with van der Waals surface area (Å²) in [7, 11) is 0. The summed E-state index contributed by atoms with van der Waals surface area (Å²) in [4.78, 5) is 21.4. The van der Waals surface area contributed by atoms with E-state index < -0.39 is 0 Å². The van der Waals surface area contributed by atoms with Crippen LogP contribution >= 0.6 is 11.3 Å². The summed E-state index contributed by atoms with van der Waals surface area (Å²) < 4.78 is 7.80. The second-order valence-corrected chi connectivity index (χ2v) is 8.05. The van der Waals surface area contributed by atoms with Crippen molar-refractivity contribution in [2.24, 2.45) is 0 Å². The number of hydrogen-bond acceptors (Lipinski definition) is 5. The molecular formula is C23H24N4O2S. The molecule has 1 N–H and O–H groups in total. The maximum absolute atomic E-state index is 12.4. The summed E-state index contributed by atoms with van der Waals surface area (Å²) in [6.45, 7) is 3.01. The van der Waals surface area contributed by atoms with Gasteiger partial charge in [-0.15, -0.1) is 11.3 Å². The van der Waals surface area contributed by atoms with Crippen molar-refractivity contribution in [2.45, 2.75) is 32.8 Å². The highest BCUT2D eigenvalue weighted by Gasteiger charge is 2.08. The number of pyridine rings is 1. The van der Waals surface area contributed by atoms with E-state index in [1.54, 1.807) is 23.5 Å². The zero-order chi connectivity index (χ0) is 20.8. The molecule has 7 heteroatoms. The lowest BCUT2D eigenvalue weighted by molar-refractivity contribution is 0.0952. The molecule has 0 saturated carbocycles. The average Bonchev–Trinajstić information content (AvgIpc) is 3.37. The van der Waals surface area contributed by atoms with E-state index in [0.717, 1.165) is 41.3 Å². The van der Waals surface area contributed by atoms with Crippen LogP contribution in [0.1, 0.15) is 39.6 Å². The highest BCUT2D eigenvalue weighted by Crippen LogP contribution is 2.16. The SMILES string of the molecule is Cc1csc(CCCCNC(=O)c2cccc(OCc3cn4ccccc4n3)c2)n1. The molecule has 4 aromatic rings. The average molecular weight is 421 g/mol. The predicted molar refractivity (Wildman–Crippen MR) is 118 cm³/mol. The standard InChI is InChI=1S/C23H24N4O2S/c1-17-16-30-22(25-17)10-2-4-11-24-23(28)18-7-6-8-20(13-18)29-15-19-14-27-12-5-3-9-21(27)26-19/h3,5-9,12-14,16H,2,4,10-11,15H2,1H3,(H,24,28). The highest BCUT2D eigenvalue weighted by atomic mass is 32.1. The summed E-state index contributed by atoms with van der Waals surface area (Å²) in [6, 6.07) is 13.1. The van der Waals surface area contributed by atoms with E-state index in [9.17, 15) is 4.79 Å². The monoisotopic (exact) mass is 420 g/mol. The van der Waals surface area contributed by atoms with Crippen LogP contribution in [0.25, 0.3) is 5.65 Å². The molecule has 0 spiro atoms. The first-order chi connectivity index (χ1) is 14.7. The molecule has 0 unspecified atom stereocenters. The Hall–Kier alpha value is -3.19. The van der Waals surface area contributed by atoms with Crippen molar-refractivity contribution in [3.63, 3.8) is 0 Å². The van der Waals surface area contributed by atoms with Crippen LogP contribution in [0.4, 0.5) is 0 Å². The van der Waals surface area contributed by atoms with E-state index in [-0.39, 0.29) is 5.91 Å². The molecule has 0 aliphatic carbocycles. The fourth-order valence-electron chi connectivity index (χ4n) is 3.16. The Morgan fingerprint density at radius 2 is 2.10 bits per heavy atom. The molecule has 4 rings (SSSR count). The van der Waals surface area contributed by atoms with Gasteiger partial charge in [0.05, 0.1) is 10.7 Å². The molecule has 0 aliphatic rings. The Balaban J connectivity index is 1.24. The third kappa shape index (κ3) is 5.24. The lowest BCUT2D eigenvalue weighted by Crippen LogP contribution is -2.24. The van der Waals surface area contributed by atoms with Crippen molar-refractivity contribution < 1.29 is 9.53 Å². The topological polar surface area (TPSA) is 68.5 Å². The fraction of sp³-hybridized carbons (Fsp3) is 0.261. The lowest BCUT2D eigenvalue weighted by atomic mass is 10.2. The van der Waals surface area contributed by atoms with Crippen LogP contribution in [0.2, 0.25) is 0 Å². The van der Waals surface area contributed by atoms with Gasteiger partial charge in [0, 0.05) is 35.6 Å². The molecule has 30 heavy (non-hydrogen) atoms. The maximum Gasteiger partial charge on any atom is 0.251 e. The van der Waals surface area contributed by atoms with Crippen LogP contribution in [0, 0.1) is 6.92 Å². The third-order valence-corrected chi connectivity index (χ3v) is 5.69. The van der Waals surface area contributed by atoms with Gasteiger partial charge in [0.2, 0.25) is 0 Å². The van der Waals surface area contributed by atoms with Gasteiger partial charge in [-0.05, 0) is 56.5 Å². The van der Waals surface area contributed by atoms with Crippen molar-refractivity contribution >= 4 is 22.9 Å². The van der Waals surface area contributed by atoms with Gasteiger partial charge < -0.3 is 14.5 Å². The number of imidazole rings is 1. The van der Waals surface area contributed by atoms with Crippen molar-refractivity contribution in [2.75, 3.05) is 6.54 Å². The summed E-state index contributed by atoms with van der Waals surface area (Å²) in [5.41, 5.74) is 3.39. The van der Waals surface area contributed by atoms with Gasteiger partial charge in [-0.2, -0.15) is 0 Å². The number of aryl methyl sites for hydroxylation is 2. The predicted octanol–water partition coefficient (Wildman–Crippen LogP) is 4.43. The van der Waals surface area contributed by atoms with Crippen molar-refractivity contribution in [3.05, 3.63) is 82.2 Å². The first-order valence-corrected chi connectivity index (χ1v) is 10.9. The summed E-state index contributed by atoms with van der Waals surface area (Å²) in [5.74, 6) is 0.567. The lowest BCUT2D eigenvalue weighted by Gasteiger charge is -2.08. The van der Waals surface area contributed by atoms with Crippen LogP contribution in [0.15, 0.2) is 60.2 Å². The number of amides is 1. The number of hydrogen-bond donors (Lipinski definition) is 1. The first kappa shape index (κ1) is 20.1. The number of nitrogens with zero attached hydrogens (tertiary/aromatic N) is 3. The van der Waals surface area contributed by atoms with E-state index in [2.05, 4.69) is 20.7 Å². The molecule has 1 amide bonds.